The van der Waals surface area contributed by atoms with E-state index in [0.717, 1.165) is 17.0 Å². The van der Waals surface area contributed by atoms with Gasteiger partial charge in [0.05, 0.1) is 15.2 Å². The van der Waals surface area contributed by atoms with E-state index in [9.17, 15) is 4.79 Å². The van der Waals surface area contributed by atoms with Gasteiger partial charge >= 0.3 is 0 Å². The molecular weight excluding hydrogens is 376 g/mol. The summed E-state index contributed by atoms with van der Waals surface area (Å²) in [6, 6.07) is 15.4. The zero-order chi connectivity index (χ0) is 21.4. The van der Waals surface area contributed by atoms with E-state index in [-0.39, 0.29) is 5.91 Å². The van der Waals surface area contributed by atoms with Crippen molar-refractivity contribution in [1.29, 1.82) is 0 Å². The summed E-state index contributed by atoms with van der Waals surface area (Å²) in [7, 11) is 0.256. The van der Waals surface area contributed by atoms with E-state index in [2.05, 4.69) is 50.2 Å². The van der Waals surface area contributed by atoms with Gasteiger partial charge in [-0.2, -0.15) is 0 Å². The second kappa shape index (κ2) is 10.2. The van der Waals surface area contributed by atoms with E-state index in [1.54, 1.807) is 19.3 Å². The number of amides is 1. The van der Waals surface area contributed by atoms with Crippen LogP contribution in [0.4, 0.5) is 5.69 Å². The Hall–Kier alpha value is -2.63. The Labute approximate surface area is 175 Å². The SMILES string of the molecule is C=CCN(CC=C)C(C(=O)Nc1ccc([Si](C)(C)C)cc1)c1ccc(OC)cc1. The summed E-state index contributed by atoms with van der Waals surface area (Å²) >= 11 is 0. The van der Waals surface area contributed by atoms with Gasteiger partial charge in [-0.3, -0.25) is 9.69 Å². The minimum Gasteiger partial charge on any atom is -0.497 e. The van der Waals surface area contributed by atoms with E-state index in [0.29, 0.717) is 13.1 Å². The fourth-order valence-electron chi connectivity index (χ4n) is 3.20. The molecule has 0 aliphatic carbocycles. The van der Waals surface area contributed by atoms with Crippen molar-refractivity contribution in [2.45, 2.75) is 25.7 Å². The smallest absolute Gasteiger partial charge is 0.246 e. The fourth-order valence-corrected chi connectivity index (χ4v) is 4.36. The van der Waals surface area contributed by atoms with Crippen LogP contribution in [0, 0.1) is 0 Å². The Morgan fingerprint density at radius 3 is 2.03 bits per heavy atom. The zero-order valence-electron chi connectivity index (χ0n) is 17.9. The van der Waals surface area contributed by atoms with Gasteiger partial charge < -0.3 is 10.1 Å². The average molecular weight is 409 g/mol. The number of carbonyl (C=O) groups excluding carboxylic acids is 1. The van der Waals surface area contributed by atoms with E-state index in [1.165, 1.54) is 5.19 Å². The number of rotatable bonds is 10. The highest BCUT2D eigenvalue weighted by atomic mass is 28.3. The number of ether oxygens (including phenoxy) is 1. The summed E-state index contributed by atoms with van der Waals surface area (Å²) in [5, 5.41) is 4.44. The summed E-state index contributed by atoms with van der Waals surface area (Å²) in [5.41, 5.74) is 1.69. The van der Waals surface area contributed by atoms with Crippen LogP contribution in [-0.2, 0) is 4.79 Å². The van der Waals surface area contributed by atoms with E-state index >= 15 is 0 Å². The highest BCUT2D eigenvalue weighted by Gasteiger charge is 2.27. The summed E-state index contributed by atoms with van der Waals surface area (Å²) < 4.78 is 5.26. The molecule has 5 heteroatoms. The lowest BCUT2D eigenvalue weighted by atomic mass is 10.0. The molecule has 4 nitrogen and oxygen atoms in total. The van der Waals surface area contributed by atoms with Crippen LogP contribution in [0.5, 0.6) is 5.75 Å². The van der Waals surface area contributed by atoms with Gasteiger partial charge in [0.15, 0.2) is 0 Å². The Bertz CT molecular complexity index is 813. The molecule has 2 aromatic rings. The predicted octanol–water partition coefficient (Wildman–Crippen LogP) is 4.59. The second-order valence-electron chi connectivity index (χ2n) is 8.02. The van der Waals surface area contributed by atoms with Gasteiger partial charge in [0.25, 0.3) is 0 Å². The molecule has 0 aromatic heterocycles. The molecule has 0 saturated heterocycles. The molecule has 1 amide bonds. The maximum Gasteiger partial charge on any atom is 0.246 e. The number of methoxy groups -OCH3 is 1. The van der Waals surface area contributed by atoms with Gasteiger partial charge in [0, 0.05) is 18.8 Å². The summed E-state index contributed by atoms with van der Waals surface area (Å²) in [6.45, 7) is 15.7. The summed E-state index contributed by atoms with van der Waals surface area (Å²) in [5.74, 6) is 0.674. The van der Waals surface area contributed by atoms with Crippen LogP contribution in [0.15, 0.2) is 73.8 Å². The van der Waals surface area contributed by atoms with Crippen molar-refractivity contribution in [2.24, 2.45) is 0 Å². The van der Waals surface area contributed by atoms with Gasteiger partial charge in [-0.1, -0.05) is 61.2 Å². The maximum atomic E-state index is 13.3. The topological polar surface area (TPSA) is 41.6 Å². The molecule has 1 unspecified atom stereocenters. The van der Waals surface area contributed by atoms with Crippen LogP contribution in [0.25, 0.3) is 0 Å². The highest BCUT2D eigenvalue weighted by Crippen LogP contribution is 2.25. The van der Waals surface area contributed by atoms with Gasteiger partial charge in [0.2, 0.25) is 5.91 Å². The van der Waals surface area contributed by atoms with Gasteiger partial charge in [-0.15, -0.1) is 13.2 Å². The first-order chi connectivity index (χ1) is 13.8. The summed E-state index contributed by atoms with van der Waals surface area (Å²) in [4.78, 5) is 15.3. The maximum absolute atomic E-state index is 13.3. The lowest BCUT2D eigenvalue weighted by Gasteiger charge is -2.29. The first-order valence-corrected chi connectivity index (χ1v) is 13.3. The van der Waals surface area contributed by atoms with Crippen LogP contribution >= 0.6 is 0 Å². The molecular formula is C24H32N2O2Si. The first-order valence-electron chi connectivity index (χ1n) is 9.81. The van der Waals surface area contributed by atoms with Crippen LogP contribution < -0.4 is 15.2 Å². The lowest BCUT2D eigenvalue weighted by Crippen LogP contribution is -2.38. The van der Waals surface area contributed by atoms with Gasteiger partial charge in [0.1, 0.15) is 11.8 Å². The van der Waals surface area contributed by atoms with Crippen molar-refractivity contribution in [3.63, 3.8) is 0 Å². The highest BCUT2D eigenvalue weighted by molar-refractivity contribution is 6.88. The molecule has 0 aliphatic heterocycles. The standard InChI is InChI=1S/C24H32N2O2Si/c1-7-17-26(18-8-2)23(19-9-13-21(28-3)14-10-19)24(27)25-20-11-15-22(16-12-20)29(4,5)6/h7-16,23H,1-2,17-18H2,3-6H3,(H,25,27). The molecule has 154 valence electrons. The Balaban J connectivity index is 2.31. The number of hydrogen-bond donors (Lipinski definition) is 1. The number of anilines is 1. The van der Waals surface area contributed by atoms with Crippen molar-refractivity contribution in [3.8, 4) is 5.75 Å². The largest absolute Gasteiger partial charge is 0.497 e. The van der Waals surface area contributed by atoms with Crippen LogP contribution in [-0.4, -0.2) is 39.1 Å². The van der Waals surface area contributed by atoms with Crippen molar-refractivity contribution in [3.05, 3.63) is 79.4 Å². The number of carbonyl (C=O) groups is 1. The molecule has 2 aromatic carbocycles. The van der Waals surface area contributed by atoms with Crippen molar-refractivity contribution >= 4 is 24.9 Å². The van der Waals surface area contributed by atoms with E-state index in [1.807, 2.05) is 41.3 Å². The van der Waals surface area contributed by atoms with Crippen molar-refractivity contribution < 1.29 is 9.53 Å². The number of nitrogens with one attached hydrogen (secondary N) is 1. The van der Waals surface area contributed by atoms with E-state index < -0.39 is 14.1 Å². The fraction of sp³-hybridized carbons (Fsp3) is 0.292. The molecule has 29 heavy (non-hydrogen) atoms. The monoisotopic (exact) mass is 408 g/mol. The van der Waals surface area contributed by atoms with Crippen molar-refractivity contribution in [2.75, 3.05) is 25.5 Å². The molecule has 1 N–H and O–H groups in total. The quantitative estimate of drug-likeness (QED) is 0.462. The van der Waals surface area contributed by atoms with E-state index in [4.69, 9.17) is 4.74 Å². The predicted molar refractivity (Wildman–Crippen MR) is 126 cm³/mol. The lowest BCUT2D eigenvalue weighted by molar-refractivity contribution is -0.121. The molecule has 1 atom stereocenters. The summed E-state index contributed by atoms with van der Waals surface area (Å²) in [6.07, 6.45) is 3.60. The minimum absolute atomic E-state index is 0.0837. The third kappa shape index (κ3) is 6.17. The molecule has 0 radical (unpaired) electrons. The molecule has 0 spiro atoms. The first kappa shape index (κ1) is 22.7. The molecule has 0 heterocycles. The van der Waals surface area contributed by atoms with Gasteiger partial charge in [-0.05, 0) is 29.8 Å². The van der Waals surface area contributed by atoms with Crippen molar-refractivity contribution in [1.82, 2.24) is 4.90 Å². The molecule has 2 rings (SSSR count). The van der Waals surface area contributed by atoms with Crippen LogP contribution in [0.2, 0.25) is 19.6 Å². The third-order valence-corrected chi connectivity index (χ3v) is 6.86. The second-order valence-corrected chi connectivity index (χ2v) is 13.1. The molecule has 0 bridgehead atoms. The number of nitrogens with zero attached hydrogens (tertiary/aromatic N) is 1. The van der Waals surface area contributed by atoms with Crippen LogP contribution in [0.1, 0.15) is 11.6 Å². The number of hydrogen-bond acceptors (Lipinski definition) is 3. The van der Waals surface area contributed by atoms with Crippen LogP contribution in [0.3, 0.4) is 0 Å². The average Bonchev–Trinajstić information content (AvgIpc) is 2.69. The minimum atomic E-state index is -1.37. The Morgan fingerprint density at radius 2 is 1.59 bits per heavy atom. The number of benzene rings is 2. The zero-order valence-corrected chi connectivity index (χ0v) is 18.9. The Kier molecular flexibility index (Phi) is 7.99. The molecule has 0 fully saturated rings. The Morgan fingerprint density at radius 1 is 1.03 bits per heavy atom. The normalized spacial score (nSPS) is 12.3. The molecule has 0 aliphatic rings. The molecule has 0 saturated carbocycles. The van der Waals surface area contributed by atoms with Gasteiger partial charge in [-0.25, -0.2) is 0 Å². The third-order valence-electron chi connectivity index (χ3n) is 4.79.